The summed E-state index contributed by atoms with van der Waals surface area (Å²) in [5.41, 5.74) is 1.83. The van der Waals surface area contributed by atoms with Gasteiger partial charge in [-0.3, -0.25) is 0 Å². The highest BCUT2D eigenvalue weighted by atomic mass is 35.5. The van der Waals surface area contributed by atoms with Crippen LogP contribution in [0.3, 0.4) is 0 Å². The Hall–Kier alpha value is 0.240. The Bertz CT molecular complexity index is 451. The monoisotopic (exact) mass is 319 g/mol. The Morgan fingerprint density at radius 1 is 1.26 bits per heavy atom. The van der Waals surface area contributed by atoms with Crippen molar-refractivity contribution in [1.82, 2.24) is 5.32 Å². The first-order valence-corrected chi connectivity index (χ1v) is 8.48. The second-order valence-corrected chi connectivity index (χ2v) is 8.92. The molecule has 1 unspecified atom stereocenters. The molecule has 19 heavy (non-hydrogen) atoms. The van der Waals surface area contributed by atoms with Gasteiger partial charge in [0.05, 0.1) is 8.67 Å². The van der Waals surface area contributed by atoms with Crippen LogP contribution in [0.25, 0.3) is 0 Å². The number of hydrogen-bond acceptors (Lipinski definition) is 2. The van der Waals surface area contributed by atoms with E-state index >= 15 is 0 Å². The molecular formula is C15H23Cl2NS. The molecule has 1 N–H and O–H groups in total. The van der Waals surface area contributed by atoms with E-state index in [9.17, 15) is 0 Å². The van der Waals surface area contributed by atoms with E-state index < -0.39 is 0 Å². The molecule has 0 bridgehead atoms. The molecule has 1 aliphatic rings. The van der Waals surface area contributed by atoms with Gasteiger partial charge in [-0.25, -0.2) is 0 Å². The number of rotatable bonds is 5. The van der Waals surface area contributed by atoms with Gasteiger partial charge in [0.2, 0.25) is 0 Å². The maximum Gasteiger partial charge on any atom is 0.0992 e. The minimum absolute atomic E-state index is 0.307. The predicted molar refractivity (Wildman–Crippen MR) is 86.4 cm³/mol. The highest BCUT2D eigenvalue weighted by Crippen LogP contribution is 2.72. The Morgan fingerprint density at radius 2 is 1.84 bits per heavy atom. The summed E-state index contributed by atoms with van der Waals surface area (Å²) in [6.07, 6.45) is 1.12. The van der Waals surface area contributed by atoms with Gasteiger partial charge in [0.15, 0.2) is 0 Å². The summed E-state index contributed by atoms with van der Waals surface area (Å²) in [5, 5.41) is 3.68. The van der Waals surface area contributed by atoms with E-state index in [4.69, 9.17) is 23.2 Å². The van der Waals surface area contributed by atoms with Gasteiger partial charge in [-0.15, -0.1) is 11.3 Å². The first-order chi connectivity index (χ1) is 8.73. The zero-order chi connectivity index (χ0) is 14.4. The van der Waals surface area contributed by atoms with Gasteiger partial charge in [-0.2, -0.15) is 0 Å². The van der Waals surface area contributed by atoms with E-state index in [1.54, 1.807) is 0 Å². The first-order valence-electron chi connectivity index (χ1n) is 6.91. The molecule has 1 nitrogen and oxygen atoms in total. The smallest absolute Gasteiger partial charge is 0.0992 e. The minimum Gasteiger partial charge on any atom is -0.310 e. The van der Waals surface area contributed by atoms with Crippen molar-refractivity contribution < 1.29 is 0 Å². The van der Waals surface area contributed by atoms with E-state index in [-0.39, 0.29) is 0 Å². The van der Waals surface area contributed by atoms with E-state index in [0.29, 0.717) is 22.8 Å². The fourth-order valence-corrected chi connectivity index (χ4v) is 4.90. The van der Waals surface area contributed by atoms with Crippen LogP contribution in [0.2, 0.25) is 8.67 Å². The van der Waals surface area contributed by atoms with Crippen molar-refractivity contribution in [3.63, 3.8) is 0 Å². The average molecular weight is 320 g/mol. The van der Waals surface area contributed by atoms with Crippen LogP contribution in [-0.4, -0.2) is 6.54 Å². The molecular weight excluding hydrogens is 297 g/mol. The summed E-state index contributed by atoms with van der Waals surface area (Å²) in [7, 11) is 0. The number of thiophene rings is 1. The second kappa shape index (κ2) is 5.22. The molecule has 1 heterocycles. The summed E-state index contributed by atoms with van der Waals surface area (Å²) in [4.78, 5) is 0. The third-order valence-corrected chi connectivity index (χ3v) is 6.62. The molecule has 1 aromatic heterocycles. The van der Waals surface area contributed by atoms with Gasteiger partial charge in [-0.1, -0.05) is 57.8 Å². The van der Waals surface area contributed by atoms with Crippen molar-refractivity contribution in [2.45, 2.75) is 47.1 Å². The van der Waals surface area contributed by atoms with Crippen molar-refractivity contribution in [3.05, 3.63) is 20.3 Å². The average Bonchev–Trinajstić information content (AvgIpc) is 2.56. The van der Waals surface area contributed by atoms with E-state index in [0.717, 1.165) is 21.6 Å². The second-order valence-electron chi connectivity index (χ2n) is 6.63. The molecule has 1 atom stereocenters. The zero-order valence-corrected chi connectivity index (χ0v) is 14.6. The number of halogens is 2. The molecule has 0 saturated heterocycles. The minimum atomic E-state index is 0.307. The van der Waals surface area contributed by atoms with Crippen LogP contribution < -0.4 is 5.32 Å². The Labute approximate surface area is 130 Å². The van der Waals surface area contributed by atoms with Crippen molar-refractivity contribution in [3.8, 4) is 0 Å². The van der Waals surface area contributed by atoms with Gasteiger partial charge < -0.3 is 5.32 Å². The molecule has 1 aromatic rings. The molecule has 0 spiro atoms. The van der Waals surface area contributed by atoms with Gasteiger partial charge in [-0.05, 0) is 35.8 Å². The number of nitrogens with one attached hydrogen (secondary N) is 1. The molecule has 1 saturated carbocycles. The fraction of sp³-hybridized carbons (Fsp3) is 0.733. The van der Waals surface area contributed by atoms with Gasteiger partial charge in [0.25, 0.3) is 0 Å². The van der Waals surface area contributed by atoms with Crippen LogP contribution in [0.15, 0.2) is 6.07 Å². The Morgan fingerprint density at radius 3 is 2.21 bits per heavy atom. The summed E-state index contributed by atoms with van der Waals surface area (Å²) in [6.45, 7) is 12.6. The summed E-state index contributed by atoms with van der Waals surface area (Å²) in [6, 6.07) is 2.34. The lowest BCUT2D eigenvalue weighted by atomic mass is 9.98. The van der Waals surface area contributed by atoms with E-state index in [1.807, 2.05) is 6.07 Å². The van der Waals surface area contributed by atoms with Crippen molar-refractivity contribution in [2.24, 2.45) is 16.7 Å². The molecule has 1 aliphatic carbocycles. The van der Waals surface area contributed by atoms with Crippen LogP contribution >= 0.6 is 34.5 Å². The largest absolute Gasteiger partial charge is 0.310 e. The van der Waals surface area contributed by atoms with E-state index in [1.165, 1.54) is 16.9 Å². The quantitative estimate of drug-likeness (QED) is 0.725. The Kier molecular flexibility index (Phi) is 4.29. The Balaban J connectivity index is 2.31. The topological polar surface area (TPSA) is 12.0 Å². The molecule has 0 aliphatic heterocycles. The van der Waals surface area contributed by atoms with Gasteiger partial charge in [0.1, 0.15) is 0 Å². The maximum atomic E-state index is 6.37. The van der Waals surface area contributed by atoms with Crippen LogP contribution in [0.1, 0.15) is 52.6 Å². The summed E-state index contributed by atoms with van der Waals surface area (Å²) >= 11 is 14.0. The SMILES string of the molecule is CCCNC(c1cc(Cl)sc1Cl)C1C(C)(C)C1(C)C. The molecule has 0 aromatic carbocycles. The summed E-state index contributed by atoms with van der Waals surface area (Å²) < 4.78 is 1.61. The van der Waals surface area contributed by atoms with Gasteiger partial charge >= 0.3 is 0 Å². The summed E-state index contributed by atoms with van der Waals surface area (Å²) in [5.74, 6) is 0.592. The lowest BCUT2D eigenvalue weighted by Crippen LogP contribution is -2.26. The van der Waals surface area contributed by atoms with E-state index in [2.05, 4.69) is 39.9 Å². The molecule has 0 radical (unpaired) electrons. The molecule has 2 rings (SSSR count). The zero-order valence-electron chi connectivity index (χ0n) is 12.3. The van der Waals surface area contributed by atoms with Crippen molar-refractivity contribution in [2.75, 3.05) is 6.54 Å². The van der Waals surface area contributed by atoms with Crippen LogP contribution in [-0.2, 0) is 0 Å². The van der Waals surface area contributed by atoms with Crippen LogP contribution in [0.4, 0.5) is 0 Å². The third-order valence-electron chi connectivity index (χ3n) is 5.10. The van der Waals surface area contributed by atoms with Crippen LogP contribution in [0, 0.1) is 16.7 Å². The predicted octanol–water partition coefficient (Wildman–Crippen LogP) is 5.78. The normalized spacial score (nSPS) is 22.5. The highest BCUT2D eigenvalue weighted by molar-refractivity contribution is 7.20. The lowest BCUT2D eigenvalue weighted by Gasteiger charge is -2.20. The molecule has 1 fully saturated rings. The van der Waals surface area contributed by atoms with Crippen molar-refractivity contribution >= 4 is 34.5 Å². The molecule has 4 heteroatoms. The standard InChI is InChI=1S/C15H23Cl2NS/c1-6-7-18-11(9-8-10(16)19-13(9)17)12-14(2,3)15(12,4)5/h8,11-12,18H,6-7H2,1-5H3. The number of hydrogen-bond donors (Lipinski definition) is 1. The maximum absolute atomic E-state index is 6.37. The van der Waals surface area contributed by atoms with Crippen molar-refractivity contribution in [1.29, 1.82) is 0 Å². The lowest BCUT2D eigenvalue weighted by molar-refractivity contribution is 0.411. The molecule has 0 amide bonds. The third kappa shape index (κ3) is 2.57. The highest BCUT2D eigenvalue weighted by Gasteiger charge is 2.67. The molecule has 108 valence electrons. The fourth-order valence-electron chi connectivity index (χ4n) is 3.35. The van der Waals surface area contributed by atoms with Crippen LogP contribution in [0.5, 0.6) is 0 Å². The first kappa shape index (κ1) is 15.6. The van der Waals surface area contributed by atoms with Gasteiger partial charge in [0, 0.05) is 11.6 Å².